The zero-order chi connectivity index (χ0) is 12.3. The second-order valence-electron chi connectivity index (χ2n) is 3.81. The molecule has 0 saturated heterocycles. The van der Waals surface area contributed by atoms with Gasteiger partial charge >= 0.3 is 0 Å². The lowest BCUT2D eigenvalue weighted by molar-refractivity contribution is -0.479. The molecule has 88 valence electrons. The van der Waals surface area contributed by atoms with E-state index in [0.29, 0.717) is 6.42 Å². The molecule has 0 heterocycles. The number of nitrogens with zero attached hydrogens (tertiary/aromatic N) is 1. The van der Waals surface area contributed by atoms with E-state index >= 15 is 0 Å². The molecule has 4 heteroatoms. The molecular formula is C13H13NO3. The van der Waals surface area contributed by atoms with Crippen LogP contribution in [-0.2, 0) is 6.42 Å². The molecule has 0 N–H and O–H groups in total. The van der Waals surface area contributed by atoms with Gasteiger partial charge in [-0.05, 0) is 28.5 Å². The average Bonchev–Trinajstić information content (AvgIpc) is 2.35. The molecule has 0 saturated carbocycles. The standard InChI is InChI=1S/C13H13NO3/c1-17-12-6-5-10-3-2-4-11(13(10)9-12)7-8-14(15)16/h2-6,9H,7-8H2,1H3. The van der Waals surface area contributed by atoms with Gasteiger partial charge < -0.3 is 4.74 Å². The van der Waals surface area contributed by atoms with Crippen molar-refractivity contribution in [2.45, 2.75) is 6.42 Å². The summed E-state index contributed by atoms with van der Waals surface area (Å²) in [6.45, 7) is -0.0453. The van der Waals surface area contributed by atoms with Crippen molar-refractivity contribution in [2.75, 3.05) is 13.7 Å². The zero-order valence-electron chi connectivity index (χ0n) is 9.55. The van der Waals surface area contributed by atoms with Gasteiger partial charge in [-0.15, -0.1) is 0 Å². The number of fused-ring (bicyclic) bond motifs is 1. The van der Waals surface area contributed by atoms with Gasteiger partial charge in [-0.1, -0.05) is 24.3 Å². The Kier molecular flexibility index (Phi) is 3.23. The van der Waals surface area contributed by atoms with E-state index in [1.807, 2.05) is 36.4 Å². The van der Waals surface area contributed by atoms with Gasteiger partial charge in [-0.25, -0.2) is 0 Å². The molecule has 0 fully saturated rings. The van der Waals surface area contributed by atoms with Crippen molar-refractivity contribution < 1.29 is 9.66 Å². The van der Waals surface area contributed by atoms with E-state index in [0.717, 1.165) is 22.1 Å². The molecule has 0 atom stereocenters. The fourth-order valence-corrected chi connectivity index (χ4v) is 1.87. The third-order valence-corrected chi connectivity index (χ3v) is 2.74. The quantitative estimate of drug-likeness (QED) is 0.600. The first-order valence-electron chi connectivity index (χ1n) is 5.38. The molecule has 0 spiro atoms. The van der Waals surface area contributed by atoms with Crippen LogP contribution in [0.2, 0.25) is 0 Å². The normalized spacial score (nSPS) is 10.4. The van der Waals surface area contributed by atoms with E-state index in [4.69, 9.17) is 4.74 Å². The van der Waals surface area contributed by atoms with Gasteiger partial charge in [0.1, 0.15) is 5.75 Å². The van der Waals surface area contributed by atoms with Crippen LogP contribution in [0.15, 0.2) is 36.4 Å². The van der Waals surface area contributed by atoms with Crippen LogP contribution in [0.5, 0.6) is 5.75 Å². The maximum atomic E-state index is 10.4. The van der Waals surface area contributed by atoms with Gasteiger partial charge in [-0.3, -0.25) is 10.1 Å². The van der Waals surface area contributed by atoms with E-state index in [2.05, 4.69) is 0 Å². The molecule has 2 aromatic rings. The van der Waals surface area contributed by atoms with Crippen molar-refractivity contribution in [3.63, 3.8) is 0 Å². The van der Waals surface area contributed by atoms with Gasteiger partial charge in [0.05, 0.1) is 7.11 Å². The van der Waals surface area contributed by atoms with Gasteiger partial charge in [0.15, 0.2) is 0 Å². The minimum Gasteiger partial charge on any atom is -0.497 e. The molecule has 0 amide bonds. The maximum Gasteiger partial charge on any atom is 0.207 e. The van der Waals surface area contributed by atoms with Crippen molar-refractivity contribution in [3.05, 3.63) is 52.1 Å². The van der Waals surface area contributed by atoms with Crippen LogP contribution in [0.3, 0.4) is 0 Å². The monoisotopic (exact) mass is 231 g/mol. The summed E-state index contributed by atoms with van der Waals surface area (Å²) in [5.41, 5.74) is 0.984. The second-order valence-corrected chi connectivity index (χ2v) is 3.81. The minimum atomic E-state index is -0.293. The Balaban J connectivity index is 2.43. The third-order valence-electron chi connectivity index (χ3n) is 2.74. The number of benzene rings is 2. The SMILES string of the molecule is COc1ccc2cccc(CC[N+](=O)[O-])c2c1. The summed E-state index contributed by atoms with van der Waals surface area (Å²) in [6, 6.07) is 11.6. The lowest BCUT2D eigenvalue weighted by Gasteiger charge is -2.06. The average molecular weight is 231 g/mol. The van der Waals surface area contributed by atoms with Crippen molar-refractivity contribution in [1.29, 1.82) is 0 Å². The Bertz CT molecular complexity index is 551. The van der Waals surface area contributed by atoms with Crippen molar-refractivity contribution in [1.82, 2.24) is 0 Å². The van der Waals surface area contributed by atoms with Crippen molar-refractivity contribution in [2.24, 2.45) is 0 Å². The van der Waals surface area contributed by atoms with Crippen LogP contribution < -0.4 is 4.74 Å². The fraction of sp³-hybridized carbons (Fsp3) is 0.231. The first-order chi connectivity index (χ1) is 8.20. The highest BCUT2D eigenvalue weighted by Gasteiger charge is 2.05. The van der Waals surface area contributed by atoms with E-state index in [1.165, 1.54) is 0 Å². The lowest BCUT2D eigenvalue weighted by atomic mass is 10.0. The van der Waals surface area contributed by atoms with Crippen molar-refractivity contribution >= 4 is 10.8 Å². The number of hydrogen-bond acceptors (Lipinski definition) is 3. The summed E-state index contributed by atoms with van der Waals surface area (Å²) in [5.74, 6) is 0.769. The summed E-state index contributed by atoms with van der Waals surface area (Å²) in [6.07, 6.45) is 0.442. The van der Waals surface area contributed by atoms with Crippen molar-refractivity contribution in [3.8, 4) is 5.75 Å². The maximum absolute atomic E-state index is 10.4. The zero-order valence-corrected chi connectivity index (χ0v) is 9.55. The fourth-order valence-electron chi connectivity index (χ4n) is 1.87. The van der Waals surface area contributed by atoms with Gasteiger partial charge in [0, 0.05) is 11.3 Å². The molecule has 17 heavy (non-hydrogen) atoms. The molecule has 4 nitrogen and oxygen atoms in total. The molecule has 0 aromatic heterocycles. The predicted molar refractivity (Wildman–Crippen MR) is 66.1 cm³/mol. The van der Waals surface area contributed by atoms with Crippen LogP contribution in [0.4, 0.5) is 0 Å². The summed E-state index contributed by atoms with van der Waals surface area (Å²) < 4.78 is 5.17. The third kappa shape index (κ3) is 2.53. The van der Waals surface area contributed by atoms with E-state index in [-0.39, 0.29) is 11.5 Å². The summed E-state index contributed by atoms with van der Waals surface area (Å²) >= 11 is 0. The van der Waals surface area contributed by atoms with Crippen LogP contribution in [-0.4, -0.2) is 18.6 Å². The van der Waals surface area contributed by atoms with E-state index in [9.17, 15) is 10.1 Å². The molecule has 0 bridgehead atoms. The Morgan fingerprint density at radius 3 is 2.82 bits per heavy atom. The minimum absolute atomic E-state index is 0.0453. The van der Waals surface area contributed by atoms with Crippen LogP contribution in [0, 0.1) is 10.1 Å². The molecule has 0 aliphatic rings. The van der Waals surface area contributed by atoms with E-state index in [1.54, 1.807) is 7.11 Å². The van der Waals surface area contributed by atoms with Gasteiger partial charge in [0.25, 0.3) is 0 Å². The van der Waals surface area contributed by atoms with Crippen LogP contribution in [0.1, 0.15) is 5.56 Å². The highest BCUT2D eigenvalue weighted by atomic mass is 16.6. The predicted octanol–water partition coefficient (Wildman–Crippen LogP) is 2.67. The first kappa shape index (κ1) is 11.4. The molecule has 0 aliphatic heterocycles. The van der Waals surface area contributed by atoms with Crippen LogP contribution >= 0.6 is 0 Å². The highest BCUT2D eigenvalue weighted by molar-refractivity contribution is 5.87. The molecular weight excluding hydrogens is 218 g/mol. The summed E-state index contributed by atoms with van der Waals surface area (Å²) in [4.78, 5) is 10.1. The molecule has 2 rings (SSSR count). The number of nitro groups is 1. The first-order valence-corrected chi connectivity index (χ1v) is 5.38. The Morgan fingerprint density at radius 2 is 2.12 bits per heavy atom. The Morgan fingerprint density at radius 1 is 1.29 bits per heavy atom. The highest BCUT2D eigenvalue weighted by Crippen LogP contribution is 2.24. The summed E-state index contributed by atoms with van der Waals surface area (Å²) in [5, 5.41) is 12.5. The number of ether oxygens (including phenoxy) is 1. The number of rotatable bonds is 4. The van der Waals surface area contributed by atoms with E-state index < -0.39 is 0 Å². The Hall–Kier alpha value is -2.10. The smallest absolute Gasteiger partial charge is 0.207 e. The molecule has 0 unspecified atom stereocenters. The molecule has 0 radical (unpaired) electrons. The number of methoxy groups -OCH3 is 1. The lowest BCUT2D eigenvalue weighted by Crippen LogP contribution is -2.04. The number of hydrogen-bond donors (Lipinski definition) is 0. The summed E-state index contributed by atoms with van der Waals surface area (Å²) in [7, 11) is 1.61. The van der Waals surface area contributed by atoms with Gasteiger partial charge in [-0.2, -0.15) is 0 Å². The second kappa shape index (κ2) is 4.82. The topological polar surface area (TPSA) is 52.4 Å². The largest absolute Gasteiger partial charge is 0.497 e. The Labute approximate surface area is 99.0 Å². The van der Waals surface area contributed by atoms with Crippen LogP contribution in [0.25, 0.3) is 10.8 Å². The molecule has 2 aromatic carbocycles. The van der Waals surface area contributed by atoms with Gasteiger partial charge in [0.2, 0.25) is 6.54 Å². The molecule has 0 aliphatic carbocycles.